The van der Waals surface area contributed by atoms with E-state index in [0.717, 1.165) is 24.0 Å². The number of carbonyl (C=O) groups excluding carboxylic acids is 1. The van der Waals surface area contributed by atoms with Crippen LogP contribution in [-0.4, -0.2) is 18.1 Å². The Morgan fingerprint density at radius 2 is 1.42 bits per heavy atom. The SMILES string of the molecule is CC(CCCC(N)N)NC(=O)c1cccc(OCc2ccccc2)c1OCc1ccccc1. The van der Waals surface area contributed by atoms with Crippen LogP contribution >= 0.6 is 0 Å². The van der Waals surface area contributed by atoms with Gasteiger partial charge < -0.3 is 26.3 Å². The fourth-order valence-electron chi connectivity index (χ4n) is 3.46. The number of para-hydroxylation sites is 1. The molecule has 0 bridgehead atoms. The smallest absolute Gasteiger partial charge is 0.255 e. The predicted molar refractivity (Wildman–Crippen MR) is 131 cm³/mol. The lowest BCUT2D eigenvalue weighted by Crippen LogP contribution is -2.34. The second-order valence-electron chi connectivity index (χ2n) is 8.15. The van der Waals surface area contributed by atoms with Gasteiger partial charge in [0, 0.05) is 6.04 Å². The van der Waals surface area contributed by atoms with Crippen molar-refractivity contribution < 1.29 is 14.3 Å². The minimum atomic E-state index is -0.329. The Balaban J connectivity index is 1.76. The minimum absolute atomic E-state index is 0.0212. The highest BCUT2D eigenvalue weighted by molar-refractivity contribution is 5.98. The quantitative estimate of drug-likeness (QED) is 0.358. The molecular formula is C27H33N3O3. The molecular weight excluding hydrogens is 414 g/mol. The lowest BCUT2D eigenvalue weighted by Gasteiger charge is -2.19. The molecule has 0 aliphatic carbocycles. The summed E-state index contributed by atoms with van der Waals surface area (Å²) in [5, 5.41) is 3.05. The number of nitrogens with two attached hydrogens (primary N) is 2. The van der Waals surface area contributed by atoms with E-state index in [1.807, 2.05) is 79.7 Å². The molecule has 174 valence electrons. The van der Waals surface area contributed by atoms with Gasteiger partial charge in [-0.3, -0.25) is 4.79 Å². The third kappa shape index (κ3) is 7.93. The Labute approximate surface area is 195 Å². The van der Waals surface area contributed by atoms with E-state index in [9.17, 15) is 4.79 Å². The fraction of sp³-hybridized carbons (Fsp3) is 0.296. The maximum absolute atomic E-state index is 13.1. The highest BCUT2D eigenvalue weighted by Gasteiger charge is 2.19. The highest BCUT2D eigenvalue weighted by atomic mass is 16.5. The van der Waals surface area contributed by atoms with Gasteiger partial charge in [0.15, 0.2) is 11.5 Å². The van der Waals surface area contributed by atoms with E-state index in [-0.39, 0.29) is 18.1 Å². The van der Waals surface area contributed by atoms with Crippen molar-refractivity contribution in [3.05, 3.63) is 95.6 Å². The standard InChI is InChI=1S/C27H33N3O3/c1-20(10-8-17-25(28)29)30-27(31)23-15-9-16-24(32-18-21-11-4-2-5-12-21)26(23)33-19-22-13-6-3-7-14-22/h2-7,9,11-16,20,25H,8,10,17-19,28-29H2,1H3,(H,30,31). The van der Waals surface area contributed by atoms with Crippen molar-refractivity contribution in [2.45, 2.75) is 51.6 Å². The summed E-state index contributed by atoms with van der Waals surface area (Å²) in [6.07, 6.45) is 2.02. The molecule has 6 heteroatoms. The molecule has 3 aromatic rings. The molecule has 3 aromatic carbocycles. The second kappa shape index (κ2) is 12.6. The van der Waals surface area contributed by atoms with Crippen molar-refractivity contribution in [2.75, 3.05) is 0 Å². The molecule has 0 aliphatic rings. The first-order valence-corrected chi connectivity index (χ1v) is 11.3. The largest absolute Gasteiger partial charge is 0.485 e. The van der Waals surface area contributed by atoms with Crippen LogP contribution in [0.25, 0.3) is 0 Å². The van der Waals surface area contributed by atoms with Crippen LogP contribution in [0.4, 0.5) is 0 Å². The molecule has 0 aliphatic heterocycles. The number of carbonyl (C=O) groups is 1. The molecule has 0 saturated heterocycles. The van der Waals surface area contributed by atoms with Crippen LogP contribution in [0.3, 0.4) is 0 Å². The van der Waals surface area contributed by atoms with Crippen LogP contribution in [0.5, 0.6) is 11.5 Å². The third-order valence-electron chi connectivity index (χ3n) is 5.24. The summed E-state index contributed by atoms with van der Waals surface area (Å²) < 4.78 is 12.2. The Hall–Kier alpha value is -3.35. The molecule has 1 unspecified atom stereocenters. The molecule has 5 N–H and O–H groups in total. The molecule has 1 amide bonds. The van der Waals surface area contributed by atoms with Crippen molar-refractivity contribution >= 4 is 5.91 Å². The van der Waals surface area contributed by atoms with Gasteiger partial charge in [-0.25, -0.2) is 0 Å². The average Bonchev–Trinajstić information content (AvgIpc) is 2.82. The maximum atomic E-state index is 13.1. The minimum Gasteiger partial charge on any atom is -0.485 e. The Morgan fingerprint density at radius 3 is 2.03 bits per heavy atom. The van der Waals surface area contributed by atoms with Crippen molar-refractivity contribution in [3.63, 3.8) is 0 Å². The molecule has 3 rings (SSSR count). The molecule has 0 radical (unpaired) electrons. The molecule has 0 spiro atoms. The zero-order chi connectivity index (χ0) is 23.5. The molecule has 33 heavy (non-hydrogen) atoms. The number of hydrogen-bond donors (Lipinski definition) is 3. The summed E-state index contributed by atoms with van der Waals surface area (Å²) in [6, 6.07) is 25.1. The Kier molecular flexibility index (Phi) is 9.30. The second-order valence-corrected chi connectivity index (χ2v) is 8.15. The van der Waals surface area contributed by atoms with Crippen LogP contribution < -0.4 is 26.3 Å². The van der Waals surface area contributed by atoms with Crippen LogP contribution in [-0.2, 0) is 13.2 Å². The Bertz CT molecular complexity index is 994. The Morgan fingerprint density at radius 1 is 0.818 bits per heavy atom. The van der Waals surface area contributed by atoms with Gasteiger partial charge in [0.1, 0.15) is 13.2 Å². The zero-order valence-corrected chi connectivity index (χ0v) is 19.1. The van der Waals surface area contributed by atoms with Gasteiger partial charge >= 0.3 is 0 Å². The van der Waals surface area contributed by atoms with E-state index in [2.05, 4.69) is 5.32 Å². The van der Waals surface area contributed by atoms with Gasteiger partial charge in [-0.15, -0.1) is 0 Å². The number of rotatable bonds is 12. The maximum Gasteiger partial charge on any atom is 0.255 e. The lowest BCUT2D eigenvalue weighted by molar-refractivity contribution is 0.0932. The van der Waals surface area contributed by atoms with E-state index < -0.39 is 0 Å². The number of amides is 1. The van der Waals surface area contributed by atoms with E-state index >= 15 is 0 Å². The normalized spacial score (nSPS) is 11.8. The van der Waals surface area contributed by atoms with Crippen molar-refractivity contribution in [1.82, 2.24) is 5.32 Å². The molecule has 0 heterocycles. The lowest BCUT2D eigenvalue weighted by atomic mass is 10.1. The van der Waals surface area contributed by atoms with Crippen molar-refractivity contribution in [3.8, 4) is 11.5 Å². The summed E-state index contributed by atoms with van der Waals surface area (Å²) in [4.78, 5) is 13.1. The third-order valence-corrected chi connectivity index (χ3v) is 5.24. The van der Waals surface area contributed by atoms with Crippen LogP contribution in [0.2, 0.25) is 0 Å². The topological polar surface area (TPSA) is 99.6 Å². The zero-order valence-electron chi connectivity index (χ0n) is 19.1. The average molecular weight is 448 g/mol. The predicted octanol–water partition coefficient (Wildman–Crippen LogP) is 4.38. The van der Waals surface area contributed by atoms with Crippen molar-refractivity contribution in [1.29, 1.82) is 0 Å². The molecule has 0 fully saturated rings. The van der Waals surface area contributed by atoms with Gasteiger partial charge in [0.2, 0.25) is 0 Å². The molecule has 6 nitrogen and oxygen atoms in total. The number of ether oxygens (including phenoxy) is 2. The first kappa shape index (κ1) is 24.3. The van der Waals surface area contributed by atoms with Gasteiger partial charge in [-0.05, 0) is 49.4 Å². The molecule has 1 atom stereocenters. The van der Waals surface area contributed by atoms with E-state index in [1.165, 1.54) is 0 Å². The van der Waals surface area contributed by atoms with Crippen LogP contribution in [0.15, 0.2) is 78.9 Å². The number of nitrogens with one attached hydrogen (secondary N) is 1. The number of hydrogen-bond acceptors (Lipinski definition) is 5. The van der Waals surface area contributed by atoms with E-state index in [1.54, 1.807) is 6.07 Å². The summed E-state index contributed by atoms with van der Waals surface area (Å²) in [6.45, 7) is 2.68. The van der Waals surface area contributed by atoms with Crippen LogP contribution in [0, 0.1) is 0 Å². The van der Waals surface area contributed by atoms with Gasteiger partial charge in [0.25, 0.3) is 5.91 Å². The highest BCUT2D eigenvalue weighted by Crippen LogP contribution is 2.33. The van der Waals surface area contributed by atoms with Gasteiger partial charge in [0.05, 0.1) is 11.7 Å². The van der Waals surface area contributed by atoms with Crippen molar-refractivity contribution in [2.24, 2.45) is 11.5 Å². The monoisotopic (exact) mass is 447 g/mol. The summed E-state index contributed by atoms with van der Waals surface area (Å²) >= 11 is 0. The van der Waals surface area contributed by atoms with Crippen LogP contribution in [0.1, 0.15) is 47.7 Å². The molecule has 0 saturated carbocycles. The first-order chi connectivity index (χ1) is 16.0. The first-order valence-electron chi connectivity index (χ1n) is 11.3. The van der Waals surface area contributed by atoms with Gasteiger partial charge in [-0.2, -0.15) is 0 Å². The van der Waals surface area contributed by atoms with E-state index in [4.69, 9.17) is 20.9 Å². The fourth-order valence-corrected chi connectivity index (χ4v) is 3.46. The molecule has 0 aromatic heterocycles. The van der Waals surface area contributed by atoms with Gasteiger partial charge in [-0.1, -0.05) is 66.7 Å². The van der Waals surface area contributed by atoms with E-state index in [0.29, 0.717) is 36.7 Å². The summed E-state index contributed by atoms with van der Waals surface area (Å²) in [5.74, 6) is 0.767. The number of benzene rings is 3. The summed E-state index contributed by atoms with van der Waals surface area (Å²) in [7, 11) is 0. The summed E-state index contributed by atoms with van der Waals surface area (Å²) in [5.41, 5.74) is 13.7.